The number of imide groups is 1. The maximum Gasteiger partial charge on any atom is 0.338 e. The van der Waals surface area contributed by atoms with E-state index in [4.69, 9.17) is 10.5 Å². The van der Waals surface area contributed by atoms with Gasteiger partial charge in [-0.15, -0.1) is 0 Å². The van der Waals surface area contributed by atoms with E-state index in [2.05, 4.69) is 10.6 Å². The van der Waals surface area contributed by atoms with Gasteiger partial charge in [0.05, 0.1) is 29.7 Å². The van der Waals surface area contributed by atoms with Crippen molar-refractivity contribution in [2.45, 2.75) is 24.9 Å². The number of primary amides is 1. The van der Waals surface area contributed by atoms with E-state index in [0.29, 0.717) is 5.69 Å². The highest BCUT2D eigenvalue weighted by Crippen LogP contribution is 2.54. The summed E-state index contributed by atoms with van der Waals surface area (Å²) in [5, 5.41) is 5.64. The van der Waals surface area contributed by atoms with Crippen LogP contribution in [0, 0.1) is 17.7 Å². The minimum absolute atomic E-state index is 0.185. The van der Waals surface area contributed by atoms with Crippen molar-refractivity contribution in [3.05, 3.63) is 59.4 Å². The molecule has 2 fully saturated rings. The van der Waals surface area contributed by atoms with Crippen LogP contribution in [0.5, 0.6) is 0 Å². The fourth-order valence-electron chi connectivity index (χ4n) is 5.38. The molecule has 0 saturated carbocycles. The lowest BCUT2D eigenvalue weighted by molar-refractivity contribution is -0.130. The van der Waals surface area contributed by atoms with Gasteiger partial charge in [0.15, 0.2) is 0 Å². The van der Waals surface area contributed by atoms with Crippen LogP contribution in [0.2, 0.25) is 0 Å². The number of nitrogens with two attached hydrogens (primary N) is 1. The molecule has 2 saturated heterocycles. The SMILES string of the molecule is CCOC(=O)c1ccc(N2C(=O)[C@@H]3[C@H](CC(N)=O)N[C@@]4(C(=O)Nc5ccc(F)cc54)[C@@H]3C2=O)cc1. The number of carbonyl (C=O) groups is 5. The van der Waals surface area contributed by atoms with Gasteiger partial charge < -0.3 is 15.8 Å². The molecule has 3 aliphatic heterocycles. The van der Waals surface area contributed by atoms with Crippen LogP contribution in [-0.4, -0.2) is 42.2 Å². The highest BCUT2D eigenvalue weighted by atomic mass is 19.1. The van der Waals surface area contributed by atoms with E-state index in [9.17, 15) is 28.4 Å². The Labute approximate surface area is 198 Å². The first-order valence-electron chi connectivity index (χ1n) is 11.0. The van der Waals surface area contributed by atoms with Crippen molar-refractivity contribution in [1.29, 1.82) is 0 Å². The average molecular weight is 480 g/mol. The number of benzene rings is 2. The maximum atomic E-state index is 14.2. The number of rotatable bonds is 5. The zero-order chi connectivity index (χ0) is 25.1. The van der Waals surface area contributed by atoms with Crippen molar-refractivity contribution in [2.24, 2.45) is 17.6 Å². The molecule has 0 aromatic heterocycles. The maximum absolute atomic E-state index is 14.2. The number of esters is 1. The largest absolute Gasteiger partial charge is 0.462 e. The van der Waals surface area contributed by atoms with Crippen LogP contribution >= 0.6 is 0 Å². The summed E-state index contributed by atoms with van der Waals surface area (Å²) >= 11 is 0. The number of hydrogen-bond donors (Lipinski definition) is 3. The fraction of sp³-hybridized carbons (Fsp3) is 0.292. The summed E-state index contributed by atoms with van der Waals surface area (Å²) in [6.45, 7) is 1.86. The van der Waals surface area contributed by atoms with Gasteiger partial charge in [-0.1, -0.05) is 0 Å². The lowest BCUT2D eigenvalue weighted by atomic mass is 9.76. The zero-order valence-corrected chi connectivity index (χ0v) is 18.5. The molecule has 2 aromatic carbocycles. The predicted octanol–water partition coefficient (Wildman–Crippen LogP) is 0.803. The quantitative estimate of drug-likeness (QED) is 0.424. The summed E-state index contributed by atoms with van der Waals surface area (Å²) < 4.78 is 19.2. The Hall–Kier alpha value is -4.12. The molecule has 35 heavy (non-hydrogen) atoms. The third kappa shape index (κ3) is 3.22. The fourth-order valence-corrected chi connectivity index (χ4v) is 5.38. The second-order valence-electron chi connectivity index (χ2n) is 8.66. The summed E-state index contributed by atoms with van der Waals surface area (Å²) in [5.74, 6) is -6.19. The molecule has 2 aromatic rings. The molecule has 1 spiro atoms. The first-order valence-corrected chi connectivity index (χ1v) is 11.0. The van der Waals surface area contributed by atoms with Gasteiger partial charge in [-0.2, -0.15) is 0 Å². The molecule has 5 rings (SSSR count). The Bertz CT molecular complexity index is 1300. The van der Waals surface area contributed by atoms with Crippen LogP contribution in [0.4, 0.5) is 15.8 Å². The number of halogens is 1. The summed E-state index contributed by atoms with van der Waals surface area (Å²) in [7, 11) is 0. The lowest BCUT2D eigenvalue weighted by Crippen LogP contribution is -2.53. The molecule has 0 aliphatic carbocycles. The number of ether oxygens (including phenoxy) is 1. The van der Waals surface area contributed by atoms with Crippen LogP contribution in [0.25, 0.3) is 0 Å². The van der Waals surface area contributed by atoms with Gasteiger partial charge in [0.2, 0.25) is 23.6 Å². The minimum atomic E-state index is -1.76. The topological polar surface area (TPSA) is 148 Å². The molecule has 0 bridgehead atoms. The number of nitrogens with one attached hydrogen (secondary N) is 2. The van der Waals surface area contributed by atoms with Gasteiger partial charge in [0.25, 0.3) is 0 Å². The third-order valence-corrected chi connectivity index (χ3v) is 6.73. The van der Waals surface area contributed by atoms with Crippen LogP contribution in [0.1, 0.15) is 29.3 Å². The van der Waals surface area contributed by atoms with Crippen molar-refractivity contribution >= 4 is 41.0 Å². The van der Waals surface area contributed by atoms with Crippen molar-refractivity contribution in [3.63, 3.8) is 0 Å². The first-order chi connectivity index (χ1) is 16.7. The summed E-state index contributed by atoms with van der Waals surface area (Å²) in [4.78, 5) is 65.3. The molecule has 0 radical (unpaired) electrons. The Morgan fingerprint density at radius 1 is 1.11 bits per heavy atom. The van der Waals surface area contributed by atoms with Crippen molar-refractivity contribution in [3.8, 4) is 0 Å². The summed E-state index contributed by atoms with van der Waals surface area (Å²) in [6, 6.07) is 8.44. The highest BCUT2D eigenvalue weighted by molar-refractivity contribution is 6.26. The molecule has 180 valence electrons. The normalized spacial score (nSPS) is 26.6. The molecule has 11 heteroatoms. The summed E-state index contributed by atoms with van der Waals surface area (Å²) in [5.41, 5.74) is 4.56. The Balaban J connectivity index is 1.59. The van der Waals surface area contributed by atoms with Gasteiger partial charge >= 0.3 is 5.97 Å². The average Bonchev–Trinajstić information content (AvgIpc) is 3.38. The molecule has 10 nitrogen and oxygen atoms in total. The lowest BCUT2D eigenvalue weighted by Gasteiger charge is -2.29. The number of nitrogens with zero attached hydrogens (tertiary/aromatic N) is 1. The number of carbonyl (C=O) groups excluding carboxylic acids is 5. The molecule has 4 amide bonds. The molecule has 0 unspecified atom stereocenters. The minimum Gasteiger partial charge on any atom is -0.462 e. The molecular weight excluding hydrogens is 459 g/mol. The monoisotopic (exact) mass is 480 g/mol. The molecule has 4 atom stereocenters. The van der Waals surface area contributed by atoms with Crippen molar-refractivity contribution < 1.29 is 33.1 Å². The van der Waals surface area contributed by atoms with Crippen molar-refractivity contribution in [1.82, 2.24) is 5.32 Å². The smallest absolute Gasteiger partial charge is 0.338 e. The van der Waals surface area contributed by atoms with Gasteiger partial charge in [0, 0.05) is 23.7 Å². The van der Waals surface area contributed by atoms with Crippen LogP contribution < -0.4 is 21.3 Å². The highest BCUT2D eigenvalue weighted by Gasteiger charge is 2.70. The van der Waals surface area contributed by atoms with Crippen LogP contribution in [-0.2, 0) is 29.5 Å². The van der Waals surface area contributed by atoms with E-state index in [1.807, 2.05) is 0 Å². The van der Waals surface area contributed by atoms with Gasteiger partial charge in [-0.25, -0.2) is 14.1 Å². The standard InChI is InChI=1S/C24H21FN4O6/c1-2-35-22(33)11-3-6-13(7-4-11)29-20(31)18-16(10-17(26)30)28-24(19(18)21(29)32)14-9-12(25)5-8-15(14)27-23(24)34/h3-9,16,18-19,28H,2,10H2,1H3,(H2,26,30)(H,27,34)/t16-,18+,19-,24+/m0/s1. The first kappa shape index (κ1) is 22.7. The van der Waals surface area contributed by atoms with E-state index in [0.717, 1.165) is 11.0 Å². The predicted molar refractivity (Wildman–Crippen MR) is 119 cm³/mol. The molecular formula is C24H21FN4O6. The van der Waals surface area contributed by atoms with Gasteiger partial charge in [0.1, 0.15) is 11.4 Å². The van der Waals surface area contributed by atoms with E-state index >= 15 is 0 Å². The van der Waals surface area contributed by atoms with Crippen LogP contribution in [0.15, 0.2) is 42.5 Å². The summed E-state index contributed by atoms with van der Waals surface area (Å²) in [6.07, 6.45) is -0.310. The van der Waals surface area contributed by atoms with Crippen LogP contribution in [0.3, 0.4) is 0 Å². The van der Waals surface area contributed by atoms with E-state index in [1.54, 1.807) is 6.92 Å². The second kappa shape index (κ2) is 7.98. The Morgan fingerprint density at radius 3 is 2.49 bits per heavy atom. The van der Waals surface area contributed by atoms with E-state index < -0.39 is 58.8 Å². The molecule has 3 heterocycles. The van der Waals surface area contributed by atoms with Gasteiger partial charge in [-0.05, 0) is 49.4 Å². The molecule has 3 aliphatic rings. The molecule has 4 N–H and O–H groups in total. The zero-order valence-electron chi connectivity index (χ0n) is 18.5. The van der Waals surface area contributed by atoms with Gasteiger partial charge in [-0.3, -0.25) is 24.5 Å². The number of fused-ring (bicyclic) bond motifs is 4. The number of amides is 4. The van der Waals surface area contributed by atoms with E-state index in [-0.39, 0.29) is 29.8 Å². The third-order valence-electron chi connectivity index (χ3n) is 6.73. The Kier molecular flexibility index (Phi) is 5.17. The number of hydrogen-bond acceptors (Lipinski definition) is 7. The van der Waals surface area contributed by atoms with Crippen molar-refractivity contribution in [2.75, 3.05) is 16.8 Å². The number of anilines is 2. The van der Waals surface area contributed by atoms with E-state index in [1.165, 1.54) is 36.4 Å². The Morgan fingerprint density at radius 2 is 1.83 bits per heavy atom. The second-order valence-corrected chi connectivity index (χ2v) is 8.66.